The second kappa shape index (κ2) is 11.4. The molecule has 1 amide bonds. The maximum atomic E-state index is 14.3. The van der Waals surface area contributed by atoms with Crippen LogP contribution in [0, 0.1) is 17.1 Å². The summed E-state index contributed by atoms with van der Waals surface area (Å²) < 4.78 is 30.9. The number of pyridine rings is 1. The normalized spacial score (nSPS) is 10.9. The number of para-hydroxylation sites is 1. The van der Waals surface area contributed by atoms with E-state index in [0.29, 0.717) is 23.2 Å². The minimum Gasteiger partial charge on any atom is -0.382 e. The average Bonchev–Trinajstić information content (AvgIpc) is 2.77. The first-order chi connectivity index (χ1) is 15.4. The van der Waals surface area contributed by atoms with E-state index in [2.05, 4.69) is 25.6 Å². The van der Waals surface area contributed by atoms with Gasteiger partial charge in [0.2, 0.25) is 0 Å². The zero-order valence-electron chi connectivity index (χ0n) is 17.3. The number of nitrogens with zero attached hydrogens (tertiary/aromatic N) is 4. The molecule has 0 bridgehead atoms. The minimum atomic E-state index is -0.750. The van der Waals surface area contributed by atoms with E-state index >= 15 is 0 Å². The molecule has 0 aliphatic heterocycles. The lowest BCUT2D eigenvalue weighted by molar-refractivity contribution is 0.0952. The molecule has 166 valence electrons. The molecule has 0 unspecified atom stereocenters. The highest BCUT2D eigenvalue weighted by atomic mass is 32.1. The standard InChI is InChI=1S/C20H20FN7O.O2S/c1-3-7-24-20(29)13-8-12-5-4-6-15(21)17(12)28-16(13)11(2)27-19-14(9-22)18(23)25-10-26-19;1-3-2/h4-6,8,10-11H,3,7H2,1-2H3,(H,24,29)(H3,23,25,26,27);/t11-;/m0./s1. The summed E-state index contributed by atoms with van der Waals surface area (Å²) in [5, 5.41) is 15.7. The Hall–Kier alpha value is -3.98. The monoisotopic (exact) mass is 457 g/mol. The van der Waals surface area contributed by atoms with E-state index in [1.807, 2.05) is 13.0 Å². The number of nitrogen functional groups attached to an aromatic ring is 1. The topological polar surface area (TPSA) is 164 Å². The molecule has 1 aromatic carbocycles. The Labute approximate surface area is 186 Å². The van der Waals surface area contributed by atoms with Crippen molar-refractivity contribution in [2.45, 2.75) is 26.3 Å². The van der Waals surface area contributed by atoms with Gasteiger partial charge in [-0.15, -0.1) is 0 Å². The summed E-state index contributed by atoms with van der Waals surface area (Å²) in [7, 11) is 0. The number of halogens is 1. The summed E-state index contributed by atoms with van der Waals surface area (Å²) in [6, 6.07) is 7.58. The largest absolute Gasteiger partial charge is 0.382 e. The number of hydrogen-bond acceptors (Lipinski definition) is 9. The van der Waals surface area contributed by atoms with Crippen LogP contribution in [0.5, 0.6) is 0 Å². The van der Waals surface area contributed by atoms with Crippen LogP contribution in [-0.4, -0.2) is 35.8 Å². The first kappa shape index (κ1) is 24.3. The first-order valence-electron chi connectivity index (χ1n) is 9.44. The molecule has 1 atom stereocenters. The van der Waals surface area contributed by atoms with Gasteiger partial charge in [0.15, 0.2) is 0 Å². The summed E-state index contributed by atoms with van der Waals surface area (Å²) in [5.41, 5.74) is 6.62. The lowest BCUT2D eigenvalue weighted by atomic mass is 10.0. The molecule has 3 aromatic rings. The molecule has 32 heavy (non-hydrogen) atoms. The molecular weight excluding hydrogens is 437 g/mol. The van der Waals surface area contributed by atoms with Gasteiger partial charge >= 0.3 is 11.6 Å². The number of amides is 1. The Kier molecular flexibility index (Phi) is 8.67. The van der Waals surface area contributed by atoms with Gasteiger partial charge in [0.1, 0.15) is 40.9 Å². The van der Waals surface area contributed by atoms with Gasteiger partial charge in [0, 0.05) is 11.9 Å². The van der Waals surface area contributed by atoms with E-state index in [-0.39, 0.29) is 28.6 Å². The fourth-order valence-electron chi connectivity index (χ4n) is 2.91. The summed E-state index contributed by atoms with van der Waals surface area (Å²) in [6.07, 6.45) is 2.00. The smallest absolute Gasteiger partial charge is 0.335 e. The van der Waals surface area contributed by atoms with Crippen molar-refractivity contribution < 1.29 is 17.6 Å². The van der Waals surface area contributed by atoms with E-state index in [1.165, 1.54) is 12.4 Å². The predicted molar refractivity (Wildman–Crippen MR) is 116 cm³/mol. The number of fused-ring (bicyclic) bond motifs is 1. The zero-order chi connectivity index (χ0) is 23.7. The van der Waals surface area contributed by atoms with Gasteiger partial charge < -0.3 is 16.4 Å². The van der Waals surface area contributed by atoms with Crippen molar-refractivity contribution in [3.8, 4) is 6.07 Å². The van der Waals surface area contributed by atoms with E-state index in [1.54, 1.807) is 25.1 Å². The molecule has 2 aromatic heterocycles. The Balaban J connectivity index is 0.00000114. The molecule has 2 heterocycles. The fourth-order valence-corrected chi connectivity index (χ4v) is 2.91. The van der Waals surface area contributed by atoms with Crippen LogP contribution >= 0.6 is 0 Å². The quantitative estimate of drug-likeness (QED) is 0.503. The van der Waals surface area contributed by atoms with Crippen LogP contribution in [0.1, 0.15) is 47.9 Å². The third-order valence-corrected chi connectivity index (χ3v) is 4.36. The number of benzene rings is 1. The van der Waals surface area contributed by atoms with Crippen molar-refractivity contribution in [1.82, 2.24) is 20.3 Å². The van der Waals surface area contributed by atoms with Gasteiger partial charge in [0.25, 0.3) is 5.91 Å². The number of nitrogens with two attached hydrogens (primary N) is 1. The van der Waals surface area contributed by atoms with Gasteiger partial charge in [-0.05, 0) is 25.5 Å². The molecule has 0 aliphatic carbocycles. The summed E-state index contributed by atoms with van der Waals surface area (Å²) in [5.74, 6) is -0.546. The van der Waals surface area contributed by atoms with Crippen LogP contribution in [-0.2, 0) is 11.6 Å². The third-order valence-electron chi connectivity index (χ3n) is 4.36. The highest BCUT2D eigenvalue weighted by Crippen LogP contribution is 2.27. The van der Waals surface area contributed by atoms with Crippen molar-refractivity contribution in [2.24, 2.45) is 0 Å². The minimum absolute atomic E-state index is 0.0376. The fraction of sp³-hybridized carbons (Fsp3) is 0.250. The van der Waals surface area contributed by atoms with Crippen LogP contribution in [0.15, 0.2) is 30.6 Å². The number of rotatable bonds is 6. The maximum Gasteiger partial charge on any atom is 0.335 e. The molecule has 0 spiro atoms. The Morgan fingerprint density at radius 3 is 2.72 bits per heavy atom. The number of hydrogen-bond donors (Lipinski definition) is 3. The molecule has 3 rings (SSSR count). The first-order valence-corrected chi connectivity index (χ1v) is 10.1. The van der Waals surface area contributed by atoms with Gasteiger partial charge in [0.05, 0.1) is 17.3 Å². The average molecular weight is 457 g/mol. The third kappa shape index (κ3) is 5.58. The van der Waals surface area contributed by atoms with E-state index < -0.39 is 23.4 Å². The Morgan fingerprint density at radius 2 is 2.06 bits per heavy atom. The van der Waals surface area contributed by atoms with Crippen molar-refractivity contribution in [2.75, 3.05) is 17.6 Å². The van der Waals surface area contributed by atoms with Gasteiger partial charge in [-0.1, -0.05) is 19.1 Å². The maximum absolute atomic E-state index is 14.3. The van der Waals surface area contributed by atoms with Crippen LogP contribution < -0.4 is 16.4 Å². The number of carbonyl (C=O) groups is 1. The molecule has 0 saturated carbocycles. The highest BCUT2D eigenvalue weighted by Gasteiger charge is 2.21. The van der Waals surface area contributed by atoms with Gasteiger partial charge in [-0.3, -0.25) is 4.79 Å². The molecule has 0 aliphatic rings. The van der Waals surface area contributed by atoms with Gasteiger partial charge in [-0.25, -0.2) is 19.3 Å². The van der Waals surface area contributed by atoms with E-state index in [0.717, 1.165) is 6.42 Å². The summed E-state index contributed by atoms with van der Waals surface area (Å²) >= 11 is -0.750. The van der Waals surface area contributed by atoms with Crippen LogP contribution in [0.2, 0.25) is 0 Å². The molecular formula is C20H20FN7O3S. The van der Waals surface area contributed by atoms with Gasteiger partial charge in [-0.2, -0.15) is 13.7 Å². The number of nitriles is 1. The number of anilines is 2. The summed E-state index contributed by atoms with van der Waals surface area (Å²) in [4.78, 5) is 25.0. The van der Waals surface area contributed by atoms with Crippen molar-refractivity contribution in [3.63, 3.8) is 0 Å². The molecule has 12 heteroatoms. The number of nitrogens with one attached hydrogen (secondary N) is 2. The molecule has 0 saturated heterocycles. The second-order valence-corrected chi connectivity index (χ2v) is 6.65. The highest BCUT2D eigenvalue weighted by molar-refractivity contribution is 7.51. The molecule has 10 nitrogen and oxygen atoms in total. The second-order valence-electron chi connectivity index (χ2n) is 6.52. The van der Waals surface area contributed by atoms with Crippen LogP contribution in [0.4, 0.5) is 16.0 Å². The van der Waals surface area contributed by atoms with E-state index in [4.69, 9.17) is 14.2 Å². The molecule has 0 fully saturated rings. The number of carbonyl (C=O) groups excluding carboxylic acids is 1. The van der Waals surface area contributed by atoms with Crippen molar-refractivity contribution in [3.05, 3.63) is 53.2 Å². The van der Waals surface area contributed by atoms with Crippen LogP contribution in [0.25, 0.3) is 10.9 Å². The lowest BCUT2D eigenvalue weighted by Crippen LogP contribution is -2.27. The van der Waals surface area contributed by atoms with Crippen molar-refractivity contribution in [1.29, 1.82) is 5.26 Å². The Morgan fingerprint density at radius 1 is 1.34 bits per heavy atom. The zero-order valence-corrected chi connectivity index (χ0v) is 18.1. The van der Waals surface area contributed by atoms with Crippen molar-refractivity contribution >= 4 is 40.0 Å². The molecule has 4 N–H and O–H groups in total. The van der Waals surface area contributed by atoms with E-state index in [9.17, 15) is 14.4 Å². The summed E-state index contributed by atoms with van der Waals surface area (Å²) in [6.45, 7) is 4.19. The predicted octanol–water partition coefficient (Wildman–Crippen LogP) is 2.26. The Bertz CT molecular complexity index is 1210. The molecule has 0 radical (unpaired) electrons. The SMILES string of the molecule is CCCNC(=O)c1cc2cccc(F)c2nc1[C@H](C)Nc1ncnc(N)c1C#N.O=S=O. The lowest BCUT2D eigenvalue weighted by Gasteiger charge is -2.19. The number of aromatic nitrogens is 3. The van der Waals surface area contributed by atoms with Crippen LogP contribution in [0.3, 0.4) is 0 Å².